The van der Waals surface area contributed by atoms with E-state index in [2.05, 4.69) is 37.9 Å². The third kappa shape index (κ3) is 4.84. The molecule has 0 aliphatic carbocycles. The molecule has 0 saturated carbocycles. The lowest BCUT2D eigenvalue weighted by molar-refractivity contribution is 0.252. The molecule has 0 bridgehead atoms. The van der Waals surface area contributed by atoms with E-state index >= 15 is 0 Å². The minimum atomic E-state index is 0.682. The lowest BCUT2D eigenvalue weighted by atomic mass is 10.0. The second-order valence-corrected chi connectivity index (χ2v) is 5.71. The van der Waals surface area contributed by atoms with Crippen LogP contribution in [0.4, 0.5) is 0 Å². The van der Waals surface area contributed by atoms with E-state index in [9.17, 15) is 0 Å². The van der Waals surface area contributed by atoms with Gasteiger partial charge in [-0.25, -0.2) is 0 Å². The van der Waals surface area contributed by atoms with Gasteiger partial charge < -0.3 is 5.32 Å². The quantitative estimate of drug-likeness (QED) is 0.718. The Kier molecular flexibility index (Phi) is 6.37. The number of nitrogens with one attached hydrogen (secondary N) is 1. The molecule has 1 rings (SSSR count). The largest absolute Gasteiger partial charge is 0.313 e. The van der Waals surface area contributed by atoms with E-state index in [4.69, 9.17) is 0 Å². The van der Waals surface area contributed by atoms with Crippen LogP contribution >= 0.6 is 0 Å². The van der Waals surface area contributed by atoms with E-state index in [-0.39, 0.29) is 0 Å². The van der Waals surface area contributed by atoms with E-state index in [1.165, 1.54) is 45.3 Å². The maximum absolute atomic E-state index is 3.70. The van der Waals surface area contributed by atoms with E-state index in [1.54, 1.807) is 0 Å². The highest BCUT2D eigenvalue weighted by Crippen LogP contribution is 2.16. The molecule has 1 aliphatic heterocycles. The fourth-order valence-corrected chi connectivity index (χ4v) is 2.57. The van der Waals surface area contributed by atoms with Gasteiger partial charge in [-0.15, -0.1) is 0 Å². The van der Waals surface area contributed by atoms with Crippen molar-refractivity contribution in [3.8, 4) is 0 Å². The molecule has 1 N–H and O–H groups in total. The number of likely N-dealkylation sites (tertiary alicyclic amines) is 1. The molecular weight excluding hydrogens is 196 g/mol. The van der Waals surface area contributed by atoms with Gasteiger partial charge in [0.05, 0.1) is 0 Å². The smallest absolute Gasteiger partial charge is 0.0221 e. The maximum Gasteiger partial charge on any atom is 0.0221 e. The van der Waals surface area contributed by atoms with Gasteiger partial charge in [0.2, 0.25) is 0 Å². The van der Waals surface area contributed by atoms with Gasteiger partial charge in [0.1, 0.15) is 0 Å². The average Bonchev–Trinajstić information content (AvgIpc) is 2.70. The first-order valence-electron chi connectivity index (χ1n) is 7.11. The predicted molar refractivity (Wildman–Crippen MR) is 71.8 cm³/mol. The summed E-state index contributed by atoms with van der Waals surface area (Å²) < 4.78 is 0. The topological polar surface area (TPSA) is 15.3 Å². The summed E-state index contributed by atoms with van der Waals surface area (Å²) in [5, 5.41) is 3.70. The molecule has 1 aliphatic rings. The molecule has 2 atom stereocenters. The first-order valence-corrected chi connectivity index (χ1v) is 7.11. The summed E-state index contributed by atoms with van der Waals surface area (Å²) in [4.78, 5) is 2.61. The zero-order valence-electron chi connectivity index (χ0n) is 11.6. The van der Waals surface area contributed by atoms with Crippen LogP contribution in [0.1, 0.15) is 53.4 Å². The van der Waals surface area contributed by atoms with Crippen molar-refractivity contribution in [1.82, 2.24) is 10.2 Å². The fraction of sp³-hybridized carbons (Fsp3) is 1.00. The van der Waals surface area contributed by atoms with Crippen molar-refractivity contribution in [3.63, 3.8) is 0 Å². The van der Waals surface area contributed by atoms with Crippen molar-refractivity contribution >= 4 is 0 Å². The van der Waals surface area contributed by atoms with Crippen LogP contribution in [0.3, 0.4) is 0 Å². The van der Waals surface area contributed by atoms with Crippen LogP contribution in [-0.2, 0) is 0 Å². The van der Waals surface area contributed by atoms with Gasteiger partial charge >= 0.3 is 0 Å². The number of rotatable bonds is 7. The van der Waals surface area contributed by atoms with Crippen LogP contribution < -0.4 is 5.32 Å². The van der Waals surface area contributed by atoms with Crippen molar-refractivity contribution in [3.05, 3.63) is 0 Å². The molecule has 0 spiro atoms. The molecule has 1 saturated heterocycles. The van der Waals surface area contributed by atoms with Gasteiger partial charge in [0.25, 0.3) is 0 Å². The zero-order chi connectivity index (χ0) is 12.0. The van der Waals surface area contributed by atoms with E-state index in [1.807, 2.05) is 0 Å². The Labute approximate surface area is 102 Å². The molecule has 0 aromatic heterocycles. The molecule has 0 aromatic carbocycles. The molecule has 16 heavy (non-hydrogen) atoms. The van der Waals surface area contributed by atoms with Crippen molar-refractivity contribution in [2.75, 3.05) is 19.6 Å². The Morgan fingerprint density at radius 2 is 2.00 bits per heavy atom. The second kappa shape index (κ2) is 7.29. The van der Waals surface area contributed by atoms with E-state index in [0.717, 1.165) is 12.0 Å². The zero-order valence-corrected chi connectivity index (χ0v) is 11.6. The molecule has 0 radical (unpaired) electrons. The summed E-state index contributed by atoms with van der Waals surface area (Å²) in [5.74, 6) is 0.836. The number of likely N-dealkylation sites (N-methyl/N-ethyl adjacent to an activating group) is 1. The molecule has 2 heteroatoms. The van der Waals surface area contributed by atoms with Gasteiger partial charge in [-0.3, -0.25) is 4.90 Å². The van der Waals surface area contributed by atoms with Gasteiger partial charge in [0.15, 0.2) is 0 Å². The van der Waals surface area contributed by atoms with Gasteiger partial charge in [-0.2, -0.15) is 0 Å². The van der Waals surface area contributed by atoms with Gasteiger partial charge in [-0.05, 0) is 51.6 Å². The Bertz CT molecular complexity index is 180. The van der Waals surface area contributed by atoms with Crippen molar-refractivity contribution in [2.45, 2.75) is 65.5 Å². The molecule has 1 heterocycles. The number of nitrogens with zero attached hydrogens (tertiary/aromatic N) is 1. The number of hydrogen-bond donors (Lipinski definition) is 1. The van der Waals surface area contributed by atoms with Gasteiger partial charge in [0, 0.05) is 18.6 Å². The first-order chi connectivity index (χ1) is 7.63. The summed E-state index contributed by atoms with van der Waals surface area (Å²) in [6.45, 7) is 12.9. The third-order valence-corrected chi connectivity index (χ3v) is 3.78. The van der Waals surface area contributed by atoms with Crippen LogP contribution in [0.2, 0.25) is 0 Å². The summed E-state index contributed by atoms with van der Waals surface area (Å²) >= 11 is 0. The SMILES string of the molecule is CCN1CCCC1CNC(C)CCC(C)C. The predicted octanol–water partition coefficient (Wildman–Crippen LogP) is 2.89. The minimum Gasteiger partial charge on any atom is -0.313 e. The highest BCUT2D eigenvalue weighted by molar-refractivity contribution is 4.81. The molecule has 2 unspecified atom stereocenters. The summed E-state index contributed by atoms with van der Waals surface area (Å²) in [6, 6.07) is 1.48. The lowest BCUT2D eigenvalue weighted by Crippen LogP contribution is -2.40. The van der Waals surface area contributed by atoms with Crippen LogP contribution in [0, 0.1) is 5.92 Å². The molecule has 0 amide bonds. The Morgan fingerprint density at radius 3 is 2.62 bits per heavy atom. The Balaban J connectivity index is 2.13. The second-order valence-electron chi connectivity index (χ2n) is 5.71. The highest BCUT2D eigenvalue weighted by atomic mass is 15.2. The molecule has 1 fully saturated rings. The molecular formula is C14H30N2. The average molecular weight is 226 g/mol. The normalized spacial score (nSPS) is 24.2. The van der Waals surface area contributed by atoms with Crippen LogP contribution in [0.25, 0.3) is 0 Å². The van der Waals surface area contributed by atoms with Crippen LogP contribution in [-0.4, -0.2) is 36.6 Å². The monoisotopic (exact) mass is 226 g/mol. The lowest BCUT2D eigenvalue weighted by Gasteiger charge is -2.25. The summed E-state index contributed by atoms with van der Waals surface area (Å²) in [7, 11) is 0. The molecule has 0 aromatic rings. The van der Waals surface area contributed by atoms with Crippen molar-refractivity contribution in [1.29, 1.82) is 0 Å². The number of hydrogen-bond acceptors (Lipinski definition) is 2. The highest BCUT2D eigenvalue weighted by Gasteiger charge is 2.22. The van der Waals surface area contributed by atoms with E-state index in [0.29, 0.717) is 6.04 Å². The van der Waals surface area contributed by atoms with E-state index < -0.39 is 0 Å². The Hall–Kier alpha value is -0.0800. The summed E-state index contributed by atoms with van der Waals surface area (Å²) in [6.07, 6.45) is 5.44. The fourth-order valence-electron chi connectivity index (χ4n) is 2.57. The van der Waals surface area contributed by atoms with Crippen molar-refractivity contribution in [2.24, 2.45) is 5.92 Å². The third-order valence-electron chi connectivity index (χ3n) is 3.78. The Morgan fingerprint density at radius 1 is 1.25 bits per heavy atom. The molecule has 2 nitrogen and oxygen atoms in total. The van der Waals surface area contributed by atoms with Gasteiger partial charge in [-0.1, -0.05) is 20.8 Å². The summed E-state index contributed by atoms with van der Waals surface area (Å²) in [5.41, 5.74) is 0. The van der Waals surface area contributed by atoms with Crippen molar-refractivity contribution < 1.29 is 0 Å². The minimum absolute atomic E-state index is 0.682. The standard InChI is InChI=1S/C14H30N2/c1-5-16-10-6-7-14(16)11-15-13(4)9-8-12(2)3/h12-15H,5-11H2,1-4H3. The molecule has 96 valence electrons. The maximum atomic E-state index is 3.70. The first kappa shape index (κ1) is 14.0. The van der Waals surface area contributed by atoms with Crippen LogP contribution in [0.15, 0.2) is 0 Å². The van der Waals surface area contributed by atoms with Crippen LogP contribution in [0.5, 0.6) is 0 Å².